The third-order valence-electron chi connectivity index (χ3n) is 6.97. The predicted octanol–water partition coefficient (Wildman–Crippen LogP) is 11.8. The van der Waals surface area contributed by atoms with E-state index in [0.29, 0.717) is 21.2 Å². The van der Waals surface area contributed by atoms with Crippen LogP contribution in [0.2, 0.25) is 10.0 Å². The first-order valence-electron chi connectivity index (χ1n) is 16.1. The Kier molecular flexibility index (Phi) is 19.0. The van der Waals surface area contributed by atoms with E-state index in [-0.39, 0.29) is 57.0 Å². The maximum absolute atomic E-state index is 13.9. The smallest absolute Gasteiger partial charge is 0.357 e. The first kappa shape index (κ1) is 44.7. The van der Waals surface area contributed by atoms with Gasteiger partial charge in [-0.3, -0.25) is 9.59 Å². The SMILES string of the molecule is CC(C)N(C(=O)c1ccc(Cl)cc1)c1ccc(F)[c-]c1F.CC(C)N(C(=O)c1ccc(Cl)cc1)c1ccc(F)[c-]c1F.[Ti+4].c1cc[cH-]c1.c1cc[cH-]c1. The Hall–Kier alpha value is -4.47. The third kappa shape index (κ3) is 14.1. The Morgan fingerprint density at radius 3 is 1.08 bits per heavy atom. The van der Waals surface area contributed by atoms with E-state index in [9.17, 15) is 27.2 Å². The molecule has 0 spiro atoms. The molecular formula is C42H36Cl2F4N2O2Ti. The van der Waals surface area contributed by atoms with Crippen LogP contribution >= 0.6 is 23.2 Å². The van der Waals surface area contributed by atoms with E-state index in [0.717, 1.165) is 12.1 Å². The largest absolute Gasteiger partial charge is 4.00 e. The average Bonchev–Trinajstić information content (AvgIpc) is 3.88. The number of hydrogen-bond donors (Lipinski definition) is 0. The normalized spacial score (nSPS) is 10.0. The van der Waals surface area contributed by atoms with Crippen LogP contribution in [0.15, 0.2) is 133 Å². The number of rotatable bonds is 6. The maximum atomic E-state index is 13.9. The van der Waals surface area contributed by atoms with Crippen LogP contribution in [0.5, 0.6) is 0 Å². The Morgan fingerprint density at radius 2 is 0.849 bits per heavy atom. The molecule has 0 aliphatic carbocycles. The van der Waals surface area contributed by atoms with Crippen LogP contribution in [0.1, 0.15) is 48.4 Å². The van der Waals surface area contributed by atoms with Gasteiger partial charge in [-0.1, -0.05) is 23.2 Å². The van der Waals surface area contributed by atoms with E-state index in [2.05, 4.69) is 0 Å². The molecule has 0 aliphatic rings. The van der Waals surface area contributed by atoms with Crippen LogP contribution in [0.3, 0.4) is 0 Å². The van der Waals surface area contributed by atoms with Crippen LogP contribution in [0.4, 0.5) is 28.9 Å². The molecule has 0 unspecified atom stereocenters. The number of nitrogens with zero attached hydrogens (tertiary/aromatic N) is 2. The van der Waals surface area contributed by atoms with Gasteiger partial charge in [0.15, 0.2) is 0 Å². The topological polar surface area (TPSA) is 40.6 Å². The first-order chi connectivity index (χ1) is 24.8. The van der Waals surface area contributed by atoms with E-state index >= 15 is 0 Å². The molecule has 11 heteroatoms. The number of halogens is 6. The van der Waals surface area contributed by atoms with Gasteiger partial charge in [0.05, 0.1) is 0 Å². The van der Waals surface area contributed by atoms with Gasteiger partial charge < -0.3 is 9.80 Å². The van der Waals surface area contributed by atoms with E-state index in [1.807, 2.05) is 72.8 Å². The summed E-state index contributed by atoms with van der Waals surface area (Å²) in [5, 5.41) is 1.01. The number of amides is 2. The van der Waals surface area contributed by atoms with Gasteiger partial charge in [-0.25, -0.2) is 41.8 Å². The van der Waals surface area contributed by atoms with Crippen molar-refractivity contribution in [1.29, 1.82) is 0 Å². The fourth-order valence-corrected chi connectivity index (χ4v) is 4.84. The standard InChI is InChI=1S/2C16H13ClF2NO.2C5H5.Ti/c2*1-10(2)20(15-8-7-13(18)9-14(15)19)16(21)11-3-5-12(17)6-4-11;2*1-2-4-5-3-1;/h2*3-8,10H,1-2H3;2*1-5H;/q4*-1;+4. The Bertz CT molecular complexity index is 1780. The Labute approximate surface area is 333 Å². The van der Waals surface area contributed by atoms with Gasteiger partial charge in [0.1, 0.15) is 0 Å². The summed E-state index contributed by atoms with van der Waals surface area (Å²) in [7, 11) is 0. The molecule has 0 saturated heterocycles. The molecule has 0 heterocycles. The molecule has 0 bridgehead atoms. The number of carbonyl (C=O) groups is 2. The fourth-order valence-electron chi connectivity index (χ4n) is 4.59. The van der Waals surface area contributed by atoms with Crippen molar-refractivity contribution in [1.82, 2.24) is 0 Å². The monoisotopic (exact) mass is 794 g/mol. The number of carbonyl (C=O) groups excluding carboxylic acids is 2. The van der Waals surface area contributed by atoms with Crippen molar-refractivity contribution in [3.05, 3.63) is 190 Å². The van der Waals surface area contributed by atoms with Gasteiger partial charge in [0.25, 0.3) is 0 Å². The van der Waals surface area contributed by atoms with Crippen LogP contribution in [-0.4, -0.2) is 23.9 Å². The van der Waals surface area contributed by atoms with Crippen molar-refractivity contribution in [3.63, 3.8) is 0 Å². The minimum absolute atomic E-state index is 0. The quantitative estimate of drug-likeness (QED) is 0.0957. The second kappa shape index (κ2) is 22.6. The molecule has 6 aromatic rings. The van der Waals surface area contributed by atoms with Gasteiger partial charge in [-0.15, -0.1) is 36.4 Å². The summed E-state index contributed by atoms with van der Waals surface area (Å²) in [6.45, 7) is 6.99. The molecule has 6 rings (SSSR count). The molecule has 0 fully saturated rings. The van der Waals surface area contributed by atoms with Crippen molar-refractivity contribution in [3.8, 4) is 0 Å². The maximum Gasteiger partial charge on any atom is 4.00 e. The van der Waals surface area contributed by atoms with Gasteiger partial charge in [0, 0.05) is 56.5 Å². The number of anilines is 2. The Morgan fingerprint density at radius 1 is 0.547 bits per heavy atom. The van der Waals surface area contributed by atoms with Gasteiger partial charge in [-0.2, -0.15) is 36.4 Å². The molecule has 0 N–H and O–H groups in total. The summed E-state index contributed by atoms with van der Waals surface area (Å²) < 4.78 is 53.7. The third-order valence-corrected chi connectivity index (χ3v) is 7.47. The average molecular weight is 796 g/mol. The summed E-state index contributed by atoms with van der Waals surface area (Å²) >= 11 is 11.6. The van der Waals surface area contributed by atoms with Crippen molar-refractivity contribution < 1.29 is 48.9 Å². The van der Waals surface area contributed by atoms with Crippen molar-refractivity contribution in [2.45, 2.75) is 39.8 Å². The Balaban J connectivity index is 0.000000285. The zero-order chi connectivity index (χ0) is 38.2. The predicted molar refractivity (Wildman–Crippen MR) is 201 cm³/mol. The van der Waals surface area contributed by atoms with Gasteiger partial charge in [-0.05, 0) is 87.6 Å². The van der Waals surface area contributed by atoms with Crippen molar-refractivity contribution >= 4 is 46.4 Å². The molecule has 0 atom stereocenters. The minimum Gasteiger partial charge on any atom is -0.357 e. The summed E-state index contributed by atoms with van der Waals surface area (Å²) in [6.07, 6.45) is 0. The van der Waals surface area contributed by atoms with Crippen molar-refractivity contribution in [2.75, 3.05) is 9.80 Å². The van der Waals surface area contributed by atoms with Gasteiger partial charge >= 0.3 is 21.7 Å². The van der Waals surface area contributed by atoms with E-state index < -0.39 is 23.3 Å². The molecule has 0 aliphatic heterocycles. The molecule has 4 nitrogen and oxygen atoms in total. The molecule has 0 radical (unpaired) electrons. The summed E-state index contributed by atoms with van der Waals surface area (Å²) in [5.74, 6) is -4.18. The number of hydrogen-bond acceptors (Lipinski definition) is 2. The van der Waals surface area contributed by atoms with Crippen LogP contribution in [-0.2, 0) is 21.7 Å². The van der Waals surface area contributed by atoms with Crippen LogP contribution in [0.25, 0.3) is 0 Å². The van der Waals surface area contributed by atoms with Crippen LogP contribution < -0.4 is 9.80 Å². The molecule has 0 saturated carbocycles. The number of benzene rings is 4. The second-order valence-corrected chi connectivity index (χ2v) is 12.4. The molecule has 2 amide bonds. The van der Waals surface area contributed by atoms with Crippen molar-refractivity contribution in [2.24, 2.45) is 0 Å². The fraction of sp³-hybridized carbons (Fsp3) is 0.143. The zero-order valence-electron chi connectivity index (χ0n) is 29.3. The van der Waals surface area contributed by atoms with E-state index in [1.165, 1.54) is 21.9 Å². The zero-order valence-corrected chi connectivity index (χ0v) is 32.4. The van der Waals surface area contributed by atoms with Crippen LogP contribution in [0, 0.1) is 35.4 Å². The molecular weight excluding hydrogens is 759 g/mol. The summed E-state index contributed by atoms with van der Waals surface area (Å²) in [4.78, 5) is 27.6. The second-order valence-electron chi connectivity index (χ2n) is 11.5. The van der Waals surface area contributed by atoms with E-state index in [1.54, 1.807) is 76.2 Å². The van der Waals surface area contributed by atoms with Gasteiger partial charge in [0.2, 0.25) is 11.8 Å². The first-order valence-corrected chi connectivity index (χ1v) is 16.8. The van der Waals surface area contributed by atoms with E-state index in [4.69, 9.17) is 23.2 Å². The molecule has 6 aromatic carbocycles. The molecule has 0 aromatic heterocycles. The molecule has 272 valence electrons. The minimum atomic E-state index is -0.897. The summed E-state index contributed by atoms with van der Waals surface area (Å²) in [5.41, 5.74) is 0.728. The summed E-state index contributed by atoms with van der Waals surface area (Å²) in [6, 6.07) is 40.5. The molecule has 53 heavy (non-hydrogen) atoms.